The molecule has 1 aliphatic rings. The quantitative estimate of drug-likeness (QED) is 0.613. The van der Waals surface area contributed by atoms with Crippen LogP contribution in [0, 0.1) is 0 Å². The Bertz CT molecular complexity index is 930. The Labute approximate surface area is 150 Å². The fourth-order valence-electron chi connectivity index (χ4n) is 3.53. The predicted molar refractivity (Wildman–Crippen MR) is 103 cm³/mol. The van der Waals surface area contributed by atoms with Gasteiger partial charge in [0.2, 0.25) is 5.91 Å². The Balaban J connectivity index is 1.91. The summed E-state index contributed by atoms with van der Waals surface area (Å²) in [5.74, 6) is 0.181. The van der Waals surface area contributed by atoms with E-state index in [1.54, 1.807) is 0 Å². The highest BCUT2D eigenvalue weighted by Crippen LogP contribution is 2.43. The van der Waals surface area contributed by atoms with Crippen LogP contribution in [-0.2, 0) is 11.2 Å². The second-order valence-corrected chi connectivity index (χ2v) is 7.12. The Kier molecular flexibility index (Phi) is 3.89. The van der Waals surface area contributed by atoms with Crippen molar-refractivity contribution in [3.63, 3.8) is 0 Å². The molecule has 3 aromatic carbocycles. The van der Waals surface area contributed by atoms with Crippen LogP contribution in [0.1, 0.15) is 36.0 Å². The van der Waals surface area contributed by atoms with Gasteiger partial charge in [-0.2, -0.15) is 0 Å². The number of hydrogen-bond donors (Lipinski definition) is 1. The molecule has 1 aliphatic heterocycles. The first kappa shape index (κ1) is 15.4. The number of rotatable bonds is 2. The van der Waals surface area contributed by atoms with Crippen molar-refractivity contribution in [2.75, 3.05) is 5.32 Å². The molecule has 0 saturated carbocycles. The van der Waals surface area contributed by atoms with Crippen LogP contribution in [0.4, 0.5) is 5.69 Å². The molecular formula is C21H18BrNO. The zero-order chi connectivity index (χ0) is 16.7. The predicted octanol–water partition coefficient (Wildman–Crippen LogP) is 5.64. The van der Waals surface area contributed by atoms with E-state index in [-0.39, 0.29) is 11.8 Å². The van der Waals surface area contributed by atoms with Gasteiger partial charge in [0.25, 0.3) is 0 Å². The Morgan fingerprint density at radius 1 is 1.08 bits per heavy atom. The van der Waals surface area contributed by atoms with E-state index in [0.29, 0.717) is 6.42 Å². The van der Waals surface area contributed by atoms with Gasteiger partial charge in [-0.1, -0.05) is 71.4 Å². The molecule has 0 unspecified atom stereocenters. The molecule has 3 heteroatoms. The highest BCUT2D eigenvalue weighted by molar-refractivity contribution is 9.10. The lowest BCUT2D eigenvalue weighted by Crippen LogP contribution is -2.23. The monoisotopic (exact) mass is 379 g/mol. The van der Waals surface area contributed by atoms with Gasteiger partial charge < -0.3 is 5.32 Å². The molecule has 1 amide bonds. The van der Waals surface area contributed by atoms with Gasteiger partial charge in [0.1, 0.15) is 0 Å². The molecule has 120 valence electrons. The normalized spacial score (nSPS) is 16.8. The molecule has 24 heavy (non-hydrogen) atoms. The molecule has 1 N–H and O–H groups in total. The number of amides is 1. The summed E-state index contributed by atoms with van der Waals surface area (Å²) in [4.78, 5) is 12.3. The highest BCUT2D eigenvalue weighted by Gasteiger charge is 2.28. The van der Waals surface area contributed by atoms with E-state index in [1.165, 1.54) is 16.7 Å². The molecule has 3 aromatic rings. The molecule has 0 aromatic heterocycles. The van der Waals surface area contributed by atoms with E-state index in [9.17, 15) is 4.79 Å². The Morgan fingerprint density at radius 2 is 1.79 bits per heavy atom. The summed E-state index contributed by atoms with van der Waals surface area (Å²) in [6, 6.07) is 19.0. The topological polar surface area (TPSA) is 29.1 Å². The number of hydrogen-bond acceptors (Lipinski definition) is 1. The first-order valence-electron chi connectivity index (χ1n) is 8.27. The van der Waals surface area contributed by atoms with Crippen LogP contribution < -0.4 is 5.32 Å². The van der Waals surface area contributed by atoms with Crippen molar-refractivity contribution in [3.05, 3.63) is 75.8 Å². The number of anilines is 1. The summed E-state index contributed by atoms with van der Waals surface area (Å²) in [6.45, 7) is 2.15. The molecule has 0 radical (unpaired) electrons. The second-order valence-electron chi connectivity index (χ2n) is 6.27. The first-order valence-corrected chi connectivity index (χ1v) is 9.06. The van der Waals surface area contributed by atoms with Crippen molar-refractivity contribution in [2.45, 2.75) is 25.7 Å². The van der Waals surface area contributed by atoms with Gasteiger partial charge in [0.15, 0.2) is 0 Å². The summed E-state index contributed by atoms with van der Waals surface area (Å²) in [7, 11) is 0. The van der Waals surface area contributed by atoms with E-state index in [4.69, 9.17) is 0 Å². The zero-order valence-corrected chi connectivity index (χ0v) is 15.1. The Hall–Kier alpha value is -2.13. The van der Waals surface area contributed by atoms with Crippen LogP contribution in [0.2, 0.25) is 0 Å². The van der Waals surface area contributed by atoms with Crippen LogP contribution >= 0.6 is 15.9 Å². The smallest absolute Gasteiger partial charge is 0.225 e. The van der Waals surface area contributed by atoms with Crippen LogP contribution in [0.5, 0.6) is 0 Å². The SMILES string of the molecule is CCc1ccc([C@H]2CC(=O)Nc3c2cc(Br)c2ccccc32)cc1. The number of benzene rings is 3. The lowest BCUT2D eigenvalue weighted by Gasteiger charge is -2.28. The van der Waals surface area contributed by atoms with Gasteiger partial charge in [-0.25, -0.2) is 0 Å². The molecule has 0 spiro atoms. The highest BCUT2D eigenvalue weighted by atomic mass is 79.9. The molecule has 0 bridgehead atoms. The molecule has 1 atom stereocenters. The molecule has 0 fully saturated rings. The number of fused-ring (bicyclic) bond motifs is 3. The van der Waals surface area contributed by atoms with Crippen molar-refractivity contribution in [1.82, 2.24) is 0 Å². The fraction of sp³-hybridized carbons (Fsp3) is 0.190. The second kappa shape index (κ2) is 6.06. The van der Waals surface area contributed by atoms with E-state index < -0.39 is 0 Å². The molecule has 4 rings (SSSR count). The Morgan fingerprint density at radius 3 is 2.50 bits per heavy atom. The van der Waals surface area contributed by atoms with Crippen molar-refractivity contribution in [3.8, 4) is 0 Å². The molecular weight excluding hydrogens is 362 g/mol. The summed E-state index contributed by atoms with van der Waals surface area (Å²) in [5, 5.41) is 5.30. The lowest BCUT2D eigenvalue weighted by atomic mass is 9.83. The largest absolute Gasteiger partial charge is 0.325 e. The third-order valence-corrected chi connectivity index (χ3v) is 5.50. The van der Waals surface area contributed by atoms with E-state index in [2.05, 4.69) is 70.6 Å². The third-order valence-electron chi connectivity index (χ3n) is 4.84. The van der Waals surface area contributed by atoms with Crippen LogP contribution in [0.25, 0.3) is 10.8 Å². The third kappa shape index (κ3) is 2.53. The standard InChI is InChI=1S/C21H18BrNO/c1-2-13-7-9-14(10-8-13)17-12-20(24)23-21-16-6-4-3-5-15(16)19(22)11-18(17)21/h3-11,17H,2,12H2,1H3,(H,23,24)/t17-/m1/s1. The maximum atomic E-state index is 12.3. The van der Waals surface area contributed by atoms with Gasteiger partial charge in [0, 0.05) is 22.2 Å². The molecule has 0 saturated heterocycles. The molecule has 1 heterocycles. The average molecular weight is 380 g/mol. The van der Waals surface area contributed by atoms with Crippen molar-refractivity contribution < 1.29 is 4.79 Å². The number of carbonyl (C=O) groups excluding carboxylic acids is 1. The number of carbonyl (C=O) groups is 1. The van der Waals surface area contributed by atoms with Crippen LogP contribution in [0.15, 0.2) is 59.1 Å². The van der Waals surface area contributed by atoms with Gasteiger partial charge in [-0.3, -0.25) is 4.79 Å². The van der Waals surface area contributed by atoms with E-state index >= 15 is 0 Å². The number of aryl methyl sites for hydroxylation is 1. The summed E-state index contributed by atoms with van der Waals surface area (Å²) in [5.41, 5.74) is 4.66. The first-order chi connectivity index (χ1) is 11.7. The molecule has 0 aliphatic carbocycles. The van der Waals surface area contributed by atoms with Crippen LogP contribution in [0.3, 0.4) is 0 Å². The zero-order valence-electron chi connectivity index (χ0n) is 13.5. The average Bonchev–Trinajstić information content (AvgIpc) is 2.62. The van der Waals surface area contributed by atoms with Gasteiger partial charge in [-0.15, -0.1) is 0 Å². The molecule has 2 nitrogen and oxygen atoms in total. The minimum Gasteiger partial charge on any atom is -0.325 e. The van der Waals surface area contributed by atoms with E-state index in [0.717, 1.165) is 27.4 Å². The maximum Gasteiger partial charge on any atom is 0.225 e. The van der Waals surface area contributed by atoms with E-state index in [1.807, 2.05) is 12.1 Å². The minimum absolute atomic E-state index is 0.0829. The van der Waals surface area contributed by atoms with Crippen molar-refractivity contribution in [2.24, 2.45) is 0 Å². The van der Waals surface area contributed by atoms with Crippen LogP contribution in [-0.4, -0.2) is 5.91 Å². The summed E-state index contributed by atoms with van der Waals surface area (Å²) >= 11 is 3.70. The summed E-state index contributed by atoms with van der Waals surface area (Å²) < 4.78 is 1.07. The van der Waals surface area contributed by atoms with Crippen molar-refractivity contribution in [1.29, 1.82) is 0 Å². The van der Waals surface area contributed by atoms with Gasteiger partial charge in [-0.05, 0) is 34.6 Å². The van der Waals surface area contributed by atoms with Crippen molar-refractivity contribution >= 4 is 38.3 Å². The number of halogens is 1. The summed E-state index contributed by atoms with van der Waals surface area (Å²) in [6.07, 6.45) is 1.52. The minimum atomic E-state index is 0.0829. The fourth-order valence-corrected chi connectivity index (χ4v) is 4.13. The number of nitrogens with one attached hydrogen (secondary N) is 1. The van der Waals surface area contributed by atoms with Gasteiger partial charge in [0.05, 0.1) is 5.69 Å². The van der Waals surface area contributed by atoms with Gasteiger partial charge >= 0.3 is 0 Å². The lowest BCUT2D eigenvalue weighted by molar-refractivity contribution is -0.116. The maximum absolute atomic E-state index is 12.3.